The summed E-state index contributed by atoms with van der Waals surface area (Å²) in [5.74, 6) is 0. The second-order valence-corrected chi connectivity index (χ2v) is 4.82. The van der Waals surface area contributed by atoms with Crippen molar-refractivity contribution in [2.75, 3.05) is 19.6 Å². The number of hydrogen-bond donors (Lipinski definition) is 0. The molecule has 0 bridgehead atoms. The van der Waals surface area contributed by atoms with Crippen LogP contribution >= 0.6 is 0 Å². The summed E-state index contributed by atoms with van der Waals surface area (Å²) in [4.78, 5) is 15.3. The first-order chi connectivity index (χ1) is 8.81. The van der Waals surface area contributed by atoms with Crippen LogP contribution < -0.4 is 0 Å². The normalized spacial score (nSPS) is 18.8. The summed E-state index contributed by atoms with van der Waals surface area (Å²) in [5, 5.41) is 0. The maximum atomic E-state index is 11.0. The van der Waals surface area contributed by atoms with Gasteiger partial charge in [0.05, 0.1) is 0 Å². The van der Waals surface area contributed by atoms with Gasteiger partial charge in [0.1, 0.15) is 0 Å². The molecule has 0 aromatic heterocycles. The summed E-state index contributed by atoms with van der Waals surface area (Å²) >= 11 is 0. The van der Waals surface area contributed by atoms with Crippen LogP contribution in [0, 0.1) is 0 Å². The Labute approximate surface area is 111 Å². The van der Waals surface area contributed by atoms with Gasteiger partial charge in [0.25, 0.3) is 0 Å². The highest BCUT2D eigenvalue weighted by atomic mass is 16.1. The van der Waals surface area contributed by atoms with E-state index in [4.69, 9.17) is 0 Å². The van der Waals surface area contributed by atoms with Crippen molar-refractivity contribution in [3.63, 3.8) is 0 Å². The molecule has 0 saturated carbocycles. The van der Waals surface area contributed by atoms with Crippen LogP contribution in [0.3, 0.4) is 0 Å². The van der Waals surface area contributed by atoms with E-state index in [0.717, 1.165) is 32.3 Å². The number of carbonyl (C=O) groups is 1. The molecular weight excluding hydrogens is 224 g/mol. The van der Waals surface area contributed by atoms with Gasteiger partial charge in [-0.05, 0) is 46.1 Å². The molecule has 102 valence electrons. The quantitative estimate of drug-likeness (QED) is 0.394. The van der Waals surface area contributed by atoms with Crippen molar-refractivity contribution < 1.29 is 4.79 Å². The molecule has 0 aliphatic carbocycles. The zero-order valence-electron chi connectivity index (χ0n) is 11.7. The molecule has 0 aromatic carbocycles. The lowest BCUT2D eigenvalue weighted by Crippen LogP contribution is -2.42. The highest BCUT2D eigenvalue weighted by Crippen LogP contribution is 2.16. The van der Waals surface area contributed by atoms with Gasteiger partial charge in [0.2, 0.25) is 6.41 Å². The number of nitrogens with zero attached hydrogens (tertiary/aromatic N) is 2. The van der Waals surface area contributed by atoms with Gasteiger partial charge in [-0.25, -0.2) is 0 Å². The van der Waals surface area contributed by atoms with Crippen LogP contribution in [0.5, 0.6) is 0 Å². The predicted octanol–water partition coefficient (Wildman–Crippen LogP) is 2.80. The minimum atomic E-state index is 0.394. The Hall–Kier alpha value is -1.09. The summed E-state index contributed by atoms with van der Waals surface area (Å²) < 4.78 is 0. The molecule has 1 rings (SSSR count). The number of rotatable bonds is 7. The number of allylic oxidation sites excluding steroid dienone is 3. The first-order valence-corrected chi connectivity index (χ1v) is 7.01. The van der Waals surface area contributed by atoms with E-state index in [-0.39, 0.29) is 0 Å². The van der Waals surface area contributed by atoms with E-state index in [0.29, 0.717) is 6.04 Å². The molecule has 3 heteroatoms. The van der Waals surface area contributed by atoms with E-state index in [1.54, 1.807) is 0 Å². The van der Waals surface area contributed by atoms with Crippen LogP contribution in [0.1, 0.15) is 39.5 Å². The Morgan fingerprint density at radius 2 is 1.94 bits per heavy atom. The van der Waals surface area contributed by atoms with Crippen molar-refractivity contribution in [1.82, 2.24) is 9.80 Å². The fourth-order valence-electron chi connectivity index (χ4n) is 2.46. The standard InChI is InChI=1S/C15H26N2O/c1-3-5-6-7-11-16-12-8-15(9-13-16)17(14-18)10-4-2/h3-5,10,14-15H,6-9,11-13H2,1-2H3/b5-3-,10-4+. The van der Waals surface area contributed by atoms with E-state index < -0.39 is 0 Å². The Kier molecular flexibility index (Phi) is 7.42. The molecule has 1 aliphatic heterocycles. The number of piperidine rings is 1. The van der Waals surface area contributed by atoms with Crippen LogP contribution in [0.15, 0.2) is 24.4 Å². The van der Waals surface area contributed by atoms with Crippen molar-refractivity contribution in [3.05, 3.63) is 24.4 Å². The molecule has 3 nitrogen and oxygen atoms in total. The molecule has 0 radical (unpaired) electrons. The Bertz CT molecular complexity index is 278. The van der Waals surface area contributed by atoms with Crippen molar-refractivity contribution in [2.45, 2.75) is 45.6 Å². The third kappa shape index (κ3) is 5.05. The molecule has 0 spiro atoms. The van der Waals surface area contributed by atoms with E-state index in [2.05, 4.69) is 24.0 Å². The zero-order valence-corrected chi connectivity index (χ0v) is 11.7. The van der Waals surface area contributed by atoms with Gasteiger partial charge in [-0.2, -0.15) is 0 Å². The third-order valence-corrected chi connectivity index (χ3v) is 3.50. The number of hydrogen-bond acceptors (Lipinski definition) is 2. The zero-order chi connectivity index (χ0) is 13.2. The van der Waals surface area contributed by atoms with E-state index in [1.165, 1.54) is 19.4 Å². The minimum Gasteiger partial charge on any atom is -0.319 e. The molecule has 1 aliphatic rings. The van der Waals surface area contributed by atoms with Gasteiger partial charge < -0.3 is 9.80 Å². The summed E-state index contributed by atoms with van der Waals surface area (Å²) in [6.07, 6.45) is 13.7. The van der Waals surface area contributed by atoms with Crippen LogP contribution in [0.2, 0.25) is 0 Å². The third-order valence-electron chi connectivity index (χ3n) is 3.50. The van der Waals surface area contributed by atoms with Crippen molar-refractivity contribution in [1.29, 1.82) is 0 Å². The molecule has 1 saturated heterocycles. The molecular formula is C15H26N2O. The number of amides is 1. The number of likely N-dealkylation sites (tertiary alicyclic amines) is 1. The SMILES string of the molecule is C/C=C\CCCN1CCC(N(C=O)/C=C/C)CC1. The lowest BCUT2D eigenvalue weighted by atomic mass is 10.0. The molecule has 1 fully saturated rings. The average Bonchev–Trinajstić information content (AvgIpc) is 2.42. The van der Waals surface area contributed by atoms with E-state index in [1.807, 2.05) is 24.1 Å². The topological polar surface area (TPSA) is 23.6 Å². The maximum absolute atomic E-state index is 11.0. The number of carbonyl (C=O) groups excluding carboxylic acids is 1. The minimum absolute atomic E-state index is 0.394. The molecule has 1 heterocycles. The largest absolute Gasteiger partial charge is 0.319 e. The Morgan fingerprint density at radius 1 is 1.22 bits per heavy atom. The smallest absolute Gasteiger partial charge is 0.213 e. The van der Waals surface area contributed by atoms with Crippen molar-refractivity contribution >= 4 is 6.41 Å². The Balaban J connectivity index is 2.25. The van der Waals surface area contributed by atoms with Crippen molar-refractivity contribution in [3.8, 4) is 0 Å². The summed E-state index contributed by atoms with van der Waals surface area (Å²) in [6, 6.07) is 0.394. The Morgan fingerprint density at radius 3 is 2.50 bits per heavy atom. The van der Waals surface area contributed by atoms with Crippen LogP contribution in [0.4, 0.5) is 0 Å². The summed E-state index contributed by atoms with van der Waals surface area (Å²) in [6.45, 7) is 7.43. The second-order valence-electron chi connectivity index (χ2n) is 4.82. The molecule has 18 heavy (non-hydrogen) atoms. The van der Waals surface area contributed by atoms with Gasteiger partial charge in [0.15, 0.2) is 0 Å². The summed E-state index contributed by atoms with van der Waals surface area (Å²) in [5.41, 5.74) is 0. The van der Waals surface area contributed by atoms with Gasteiger partial charge in [0, 0.05) is 25.3 Å². The van der Waals surface area contributed by atoms with Gasteiger partial charge in [-0.15, -0.1) is 0 Å². The number of unbranched alkanes of at least 4 members (excludes halogenated alkanes) is 1. The second kappa shape index (κ2) is 8.92. The lowest BCUT2D eigenvalue weighted by molar-refractivity contribution is -0.118. The highest BCUT2D eigenvalue weighted by Gasteiger charge is 2.21. The molecule has 0 atom stereocenters. The monoisotopic (exact) mass is 250 g/mol. The average molecular weight is 250 g/mol. The first-order valence-electron chi connectivity index (χ1n) is 7.01. The van der Waals surface area contributed by atoms with E-state index >= 15 is 0 Å². The highest BCUT2D eigenvalue weighted by molar-refractivity contribution is 5.49. The first kappa shape index (κ1) is 15.0. The van der Waals surface area contributed by atoms with Gasteiger partial charge >= 0.3 is 0 Å². The van der Waals surface area contributed by atoms with Gasteiger partial charge in [-0.3, -0.25) is 4.79 Å². The predicted molar refractivity (Wildman–Crippen MR) is 76.2 cm³/mol. The van der Waals surface area contributed by atoms with Gasteiger partial charge in [-0.1, -0.05) is 18.2 Å². The summed E-state index contributed by atoms with van der Waals surface area (Å²) in [7, 11) is 0. The van der Waals surface area contributed by atoms with Crippen LogP contribution in [-0.2, 0) is 4.79 Å². The molecule has 0 aromatic rings. The van der Waals surface area contributed by atoms with Crippen LogP contribution in [0.25, 0.3) is 0 Å². The molecule has 0 unspecified atom stereocenters. The molecule has 1 amide bonds. The lowest BCUT2D eigenvalue weighted by Gasteiger charge is -2.35. The fourth-order valence-corrected chi connectivity index (χ4v) is 2.46. The van der Waals surface area contributed by atoms with Crippen LogP contribution in [-0.4, -0.2) is 41.9 Å². The van der Waals surface area contributed by atoms with Crippen molar-refractivity contribution in [2.24, 2.45) is 0 Å². The maximum Gasteiger partial charge on any atom is 0.213 e. The molecule has 0 N–H and O–H groups in total. The van der Waals surface area contributed by atoms with E-state index in [9.17, 15) is 4.79 Å². The fraction of sp³-hybridized carbons (Fsp3) is 0.667.